The Labute approximate surface area is 112 Å². The molecule has 0 saturated heterocycles. The lowest BCUT2D eigenvalue weighted by atomic mass is 9.99. The summed E-state index contributed by atoms with van der Waals surface area (Å²) >= 11 is 0. The van der Waals surface area contributed by atoms with Crippen LogP contribution in [0.5, 0.6) is 0 Å². The monoisotopic (exact) mass is 260 g/mol. The molecule has 1 aliphatic rings. The van der Waals surface area contributed by atoms with Crippen molar-refractivity contribution in [2.75, 3.05) is 6.54 Å². The van der Waals surface area contributed by atoms with Crippen molar-refractivity contribution in [1.82, 2.24) is 10.3 Å². The van der Waals surface area contributed by atoms with Crippen LogP contribution in [-0.4, -0.2) is 19.6 Å². The molecule has 2 rings (SSSR count). The third-order valence-corrected chi connectivity index (χ3v) is 6.50. The Morgan fingerprint density at radius 2 is 2.11 bits per heavy atom. The zero-order chi connectivity index (χ0) is 13.2. The fourth-order valence-corrected chi connectivity index (χ4v) is 4.88. The highest BCUT2D eigenvalue weighted by Gasteiger charge is 2.32. The maximum atomic E-state index is 4.46. The number of pyridine rings is 1. The minimum atomic E-state index is -1.12. The van der Waals surface area contributed by atoms with E-state index in [0.717, 1.165) is 17.8 Å². The van der Waals surface area contributed by atoms with Gasteiger partial charge in [0.2, 0.25) is 0 Å². The molecule has 98 valence electrons. The van der Waals surface area contributed by atoms with Gasteiger partial charge >= 0.3 is 0 Å². The molecule has 0 amide bonds. The van der Waals surface area contributed by atoms with Crippen LogP contribution in [-0.2, 0) is 0 Å². The first-order chi connectivity index (χ1) is 8.52. The molecule has 0 aliphatic carbocycles. The minimum absolute atomic E-state index is 0.300. The smallest absolute Gasteiger partial charge is 0.0683 e. The lowest BCUT2D eigenvalue weighted by Gasteiger charge is -2.36. The number of rotatable bonds is 3. The highest BCUT2D eigenvalue weighted by atomic mass is 28.3. The fourth-order valence-electron chi connectivity index (χ4n) is 2.74. The van der Waals surface area contributed by atoms with E-state index >= 15 is 0 Å². The molecule has 0 radical (unpaired) electrons. The van der Waals surface area contributed by atoms with Crippen LogP contribution in [0.3, 0.4) is 0 Å². The van der Waals surface area contributed by atoms with Gasteiger partial charge in [0.15, 0.2) is 0 Å². The summed E-state index contributed by atoms with van der Waals surface area (Å²) < 4.78 is 0. The Morgan fingerprint density at radius 3 is 2.67 bits per heavy atom. The second-order valence-electron chi connectivity index (χ2n) is 6.15. The van der Waals surface area contributed by atoms with Gasteiger partial charge in [0, 0.05) is 12.7 Å². The zero-order valence-corrected chi connectivity index (χ0v) is 12.9. The molecule has 18 heavy (non-hydrogen) atoms. The minimum Gasteiger partial charge on any atom is -0.305 e. The van der Waals surface area contributed by atoms with E-state index < -0.39 is 8.07 Å². The van der Waals surface area contributed by atoms with Gasteiger partial charge < -0.3 is 5.32 Å². The van der Waals surface area contributed by atoms with E-state index in [1.165, 1.54) is 6.42 Å². The first-order valence-corrected chi connectivity index (χ1v) is 10.4. The van der Waals surface area contributed by atoms with Crippen molar-refractivity contribution >= 4 is 8.07 Å². The van der Waals surface area contributed by atoms with Gasteiger partial charge in [0.05, 0.1) is 19.8 Å². The van der Waals surface area contributed by atoms with Crippen molar-refractivity contribution < 1.29 is 0 Å². The lowest BCUT2D eigenvalue weighted by Crippen LogP contribution is -2.41. The van der Waals surface area contributed by atoms with Gasteiger partial charge in [-0.15, -0.1) is 0 Å². The molecule has 1 aromatic heterocycles. The van der Waals surface area contributed by atoms with Gasteiger partial charge in [-0.2, -0.15) is 0 Å². The van der Waals surface area contributed by atoms with E-state index in [2.05, 4.69) is 55.1 Å². The molecule has 0 aromatic carbocycles. The molecule has 0 fully saturated rings. The molecule has 2 unspecified atom stereocenters. The molecule has 0 spiro atoms. The van der Waals surface area contributed by atoms with Crippen molar-refractivity contribution in [3.8, 4) is 0 Å². The Hall–Kier alpha value is -0.933. The summed E-state index contributed by atoms with van der Waals surface area (Å²) in [4.78, 5) is 4.46. The van der Waals surface area contributed by atoms with Gasteiger partial charge in [-0.05, 0) is 24.1 Å². The van der Waals surface area contributed by atoms with Crippen LogP contribution in [0.2, 0.25) is 25.2 Å². The maximum Gasteiger partial charge on any atom is 0.0683 e. The fraction of sp³-hybridized carbons (Fsp3) is 0.533. The van der Waals surface area contributed by atoms with Gasteiger partial charge in [0.25, 0.3) is 0 Å². The molecular weight excluding hydrogens is 236 g/mol. The lowest BCUT2D eigenvalue weighted by molar-refractivity contribution is 0.559. The van der Waals surface area contributed by atoms with Crippen LogP contribution in [0, 0.1) is 0 Å². The zero-order valence-electron chi connectivity index (χ0n) is 11.9. The molecule has 3 heteroatoms. The Kier molecular flexibility index (Phi) is 4.03. The predicted octanol–water partition coefficient (Wildman–Crippen LogP) is 3.77. The quantitative estimate of drug-likeness (QED) is 0.661. The van der Waals surface area contributed by atoms with Crippen LogP contribution < -0.4 is 5.32 Å². The number of hydrogen-bond donors (Lipinski definition) is 1. The molecule has 2 nitrogen and oxygen atoms in total. The molecule has 2 atom stereocenters. The molecule has 1 N–H and O–H groups in total. The molecular formula is C15H24N2Si. The summed E-state index contributed by atoms with van der Waals surface area (Å²) in [5, 5.41) is 3.65. The average Bonchev–Trinajstić information content (AvgIpc) is 2.38. The second kappa shape index (κ2) is 5.37. The summed E-state index contributed by atoms with van der Waals surface area (Å²) in [5.41, 5.74) is 3.53. The molecule has 2 heterocycles. The Bertz CT molecular complexity index is 420. The molecule has 0 bridgehead atoms. The van der Waals surface area contributed by atoms with Crippen molar-refractivity contribution in [1.29, 1.82) is 0 Å². The standard InChI is InChI=1S/C15H24N2Si/c1-5-12-10-14(13-8-6-7-9-16-13)17-11-15(12)18(2,3)4/h6-10,14-15,17H,5,11H2,1-4H3. The van der Waals surface area contributed by atoms with Crippen LogP contribution >= 0.6 is 0 Å². The highest BCUT2D eigenvalue weighted by molar-refractivity contribution is 6.78. The van der Waals surface area contributed by atoms with Gasteiger partial charge in [-0.3, -0.25) is 4.98 Å². The van der Waals surface area contributed by atoms with Gasteiger partial charge in [-0.25, -0.2) is 0 Å². The van der Waals surface area contributed by atoms with Crippen LogP contribution in [0.25, 0.3) is 0 Å². The average molecular weight is 260 g/mol. The van der Waals surface area contributed by atoms with E-state index in [1.54, 1.807) is 5.57 Å². The van der Waals surface area contributed by atoms with Crippen LogP contribution in [0.1, 0.15) is 25.1 Å². The highest BCUT2D eigenvalue weighted by Crippen LogP contribution is 2.36. The molecule has 1 aliphatic heterocycles. The number of nitrogens with one attached hydrogen (secondary N) is 1. The van der Waals surface area contributed by atoms with Crippen LogP contribution in [0.4, 0.5) is 0 Å². The summed E-state index contributed by atoms with van der Waals surface area (Å²) in [7, 11) is -1.12. The predicted molar refractivity (Wildman–Crippen MR) is 80.5 cm³/mol. The topological polar surface area (TPSA) is 24.9 Å². The number of aromatic nitrogens is 1. The van der Waals surface area contributed by atoms with Crippen molar-refractivity contribution in [2.24, 2.45) is 0 Å². The first-order valence-electron chi connectivity index (χ1n) is 6.87. The summed E-state index contributed by atoms with van der Waals surface area (Å²) in [6, 6.07) is 6.44. The largest absolute Gasteiger partial charge is 0.305 e. The van der Waals surface area contributed by atoms with E-state index in [-0.39, 0.29) is 0 Å². The second-order valence-corrected chi connectivity index (χ2v) is 11.6. The van der Waals surface area contributed by atoms with E-state index in [0.29, 0.717) is 6.04 Å². The summed E-state index contributed by atoms with van der Waals surface area (Å²) in [6.07, 6.45) is 5.45. The number of hydrogen-bond acceptors (Lipinski definition) is 2. The normalized spacial score (nSPS) is 24.8. The van der Waals surface area contributed by atoms with Crippen molar-refractivity contribution in [3.05, 3.63) is 41.7 Å². The Balaban J connectivity index is 2.25. The maximum absolute atomic E-state index is 4.46. The van der Waals surface area contributed by atoms with E-state index in [9.17, 15) is 0 Å². The summed E-state index contributed by atoms with van der Waals surface area (Å²) in [5.74, 6) is 0. The SMILES string of the molecule is CCC1=CC(c2ccccn2)NCC1[Si](C)(C)C. The summed E-state index contributed by atoms with van der Waals surface area (Å²) in [6.45, 7) is 10.8. The number of nitrogens with zero attached hydrogens (tertiary/aromatic N) is 1. The molecule has 0 saturated carbocycles. The van der Waals surface area contributed by atoms with Crippen molar-refractivity contribution in [2.45, 2.75) is 44.6 Å². The van der Waals surface area contributed by atoms with Crippen LogP contribution in [0.15, 0.2) is 36.0 Å². The molecule has 1 aromatic rings. The van der Waals surface area contributed by atoms with Gasteiger partial charge in [0.1, 0.15) is 0 Å². The van der Waals surface area contributed by atoms with E-state index in [4.69, 9.17) is 0 Å². The van der Waals surface area contributed by atoms with Crippen molar-refractivity contribution in [3.63, 3.8) is 0 Å². The van der Waals surface area contributed by atoms with E-state index in [1.807, 2.05) is 12.3 Å². The van der Waals surface area contributed by atoms with Gasteiger partial charge in [-0.1, -0.05) is 44.3 Å². The third kappa shape index (κ3) is 2.90. The first kappa shape index (κ1) is 13.5. The Morgan fingerprint density at radius 1 is 1.33 bits per heavy atom. The third-order valence-electron chi connectivity index (χ3n) is 3.83.